The van der Waals surface area contributed by atoms with Crippen LogP contribution >= 0.6 is 0 Å². The number of hydrogen-bond donors (Lipinski definition) is 15. The third-order valence-corrected chi connectivity index (χ3v) is 14.4. The molecule has 11 unspecified atom stereocenters. The monoisotopic (exact) mass is 1260 g/mol. The number of nitrogens with zero attached hydrogens (tertiary/aromatic N) is 1. The number of rotatable bonds is 40. The maximum Gasteiger partial charge on any atom is 0.334 e. The van der Waals surface area contributed by atoms with Crippen molar-refractivity contribution in [1.82, 2.24) is 31.6 Å². The zero-order chi connectivity index (χ0) is 64.2. The Hall–Kier alpha value is -4.76. The van der Waals surface area contributed by atoms with E-state index in [1.54, 1.807) is 0 Å². The molecule has 0 bridgehead atoms. The number of unbranched alkanes of at least 4 members (excludes halogenated alkanes) is 4. The van der Waals surface area contributed by atoms with Crippen molar-refractivity contribution in [1.29, 1.82) is 0 Å². The second-order valence-electron chi connectivity index (χ2n) is 21.8. The van der Waals surface area contributed by atoms with E-state index in [-0.39, 0.29) is 83.0 Å². The van der Waals surface area contributed by atoms with Crippen molar-refractivity contribution in [2.45, 2.75) is 209 Å². The summed E-state index contributed by atoms with van der Waals surface area (Å²) in [6, 6.07) is 0. The van der Waals surface area contributed by atoms with Crippen LogP contribution in [0.4, 0.5) is 0 Å². The number of imide groups is 1. The smallest absolute Gasteiger partial charge is 0.334 e. The van der Waals surface area contributed by atoms with Gasteiger partial charge < -0.3 is 120 Å². The molecule has 0 saturated carbocycles. The average molecular weight is 1260 g/mol. The molecule has 0 radical (unpaired) electrons. The van der Waals surface area contributed by atoms with Crippen LogP contribution in [-0.2, 0) is 81.1 Å². The van der Waals surface area contributed by atoms with Crippen LogP contribution < -0.4 is 26.6 Å². The van der Waals surface area contributed by atoms with E-state index < -0.39 is 172 Å². The Balaban J connectivity index is 1.20. The van der Waals surface area contributed by atoms with Gasteiger partial charge >= 0.3 is 5.97 Å². The third kappa shape index (κ3) is 24.9. The number of amides is 7. The third-order valence-electron chi connectivity index (χ3n) is 14.4. The van der Waals surface area contributed by atoms with Crippen molar-refractivity contribution in [3.63, 3.8) is 0 Å². The number of hydrogen-bond acceptors (Lipinski definition) is 27. The summed E-state index contributed by atoms with van der Waals surface area (Å²) in [4.78, 5) is 105. The van der Waals surface area contributed by atoms with Gasteiger partial charge in [0.25, 0.3) is 11.8 Å². The summed E-state index contributed by atoms with van der Waals surface area (Å²) in [6.07, 6.45) is -23.7. The summed E-state index contributed by atoms with van der Waals surface area (Å²) in [5.74, 6) is -5.64. The highest BCUT2D eigenvalue weighted by atomic mass is 16.8. The van der Waals surface area contributed by atoms with Gasteiger partial charge in [-0.15, -0.1) is 5.06 Å². The zero-order valence-corrected chi connectivity index (χ0v) is 49.4. The molecule has 33 nitrogen and oxygen atoms in total. The SMILES string of the molecule is CCCOC(OCCNC(=O)CCCCCNC(=O)C(CC(=O)NCCCCCC(=O)NCCO[C@H]1OC(CO[C@H]2OC(CO)[C@@H](O)C(O)C2O)[C@@H](O)C(O[C@H]2OC(CO)[C@@H](O)C(O)C2O)C1O)CC(=O)NCCC(=O)ON1C(=O)CCC1=O)C(C)C. The number of carbonyl (C=O) groups is 8. The highest BCUT2D eigenvalue weighted by Gasteiger charge is 2.52. The van der Waals surface area contributed by atoms with Gasteiger partial charge in [0, 0.05) is 83.8 Å². The Bertz CT molecular complexity index is 2120. The van der Waals surface area contributed by atoms with Crippen molar-refractivity contribution in [2.75, 3.05) is 72.4 Å². The lowest BCUT2D eigenvalue weighted by Gasteiger charge is -2.46. The minimum Gasteiger partial charge on any atom is -0.394 e. The van der Waals surface area contributed by atoms with Gasteiger partial charge in [0.2, 0.25) is 29.5 Å². The van der Waals surface area contributed by atoms with E-state index in [1.165, 1.54) is 0 Å². The van der Waals surface area contributed by atoms with Crippen molar-refractivity contribution >= 4 is 47.3 Å². The van der Waals surface area contributed by atoms with Crippen molar-refractivity contribution in [3.05, 3.63) is 0 Å². The second-order valence-corrected chi connectivity index (χ2v) is 21.8. The molecule has 0 aromatic carbocycles. The first kappa shape index (κ1) is 74.7. The lowest BCUT2D eigenvalue weighted by Crippen LogP contribution is -2.65. The molecule has 17 atom stereocenters. The van der Waals surface area contributed by atoms with E-state index in [0.29, 0.717) is 63.3 Å². The predicted octanol–water partition coefficient (Wildman–Crippen LogP) is -6.03. The van der Waals surface area contributed by atoms with Crippen LogP contribution in [0.5, 0.6) is 0 Å². The first-order valence-corrected chi connectivity index (χ1v) is 29.7. The summed E-state index contributed by atoms with van der Waals surface area (Å²) in [7, 11) is 0. The summed E-state index contributed by atoms with van der Waals surface area (Å²) in [5.41, 5.74) is 0. The topological polar surface area (TPSA) is 485 Å². The number of hydroxylamine groups is 2. The van der Waals surface area contributed by atoms with Gasteiger partial charge in [-0.1, -0.05) is 33.6 Å². The molecule has 4 saturated heterocycles. The van der Waals surface area contributed by atoms with E-state index in [1.807, 2.05) is 20.8 Å². The fraction of sp³-hybridized carbons (Fsp3) is 0.852. The van der Waals surface area contributed by atoms with Crippen LogP contribution in [0.15, 0.2) is 0 Å². The number of ether oxygens (including phenoxy) is 8. The number of nitrogens with one attached hydrogen (secondary N) is 5. The molecule has 0 aromatic heterocycles. The highest BCUT2D eigenvalue weighted by Crippen LogP contribution is 2.31. The van der Waals surface area contributed by atoms with Crippen molar-refractivity contribution in [3.8, 4) is 0 Å². The Morgan fingerprint density at radius 1 is 0.529 bits per heavy atom. The Morgan fingerprint density at radius 3 is 1.59 bits per heavy atom. The molecule has 4 heterocycles. The van der Waals surface area contributed by atoms with Crippen LogP contribution in [0.2, 0.25) is 0 Å². The molecule has 7 amide bonds. The Morgan fingerprint density at radius 2 is 1.02 bits per heavy atom. The molecule has 4 aliphatic heterocycles. The fourth-order valence-corrected chi connectivity index (χ4v) is 9.36. The predicted molar refractivity (Wildman–Crippen MR) is 292 cm³/mol. The van der Waals surface area contributed by atoms with E-state index in [0.717, 1.165) is 6.42 Å². The number of carbonyl (C=O) groups excluding carboxylic acids is 8. The molecular weight excluding hydrogens is 1160 g/mol. The molecular formula is C54H92N6O27. The molecule has 87 heavy (non-hydrogen) atoms. The first-order valence-electron chi connectivity index (χ1n) is 29.7. The van der Waals surface area contributed by atoms with Crippen molar-refractivity contribution < 1.29 is 132 Å². The minimum atomic E-state index is -1.95. The van der Waals surface area contributed by atoms with Crippen LogP contribution in [-0.4, -0.2) is 274 Å². The van der Waals surface area contributed by atoms with Gasteiger partial charge in [-0.05, 0) is 32.1 Å². The molecule has 15 N–H and O–H groups in total. The van der Waals surface area contributed by atoms with E-state index >= 15 is 0 Å². The lowest BCUT2D eigenvalue weighted by atomic mass is 9.96. The maximum absolute atomic E-state index is 13.4. The maximum atomic E-state index is 13.4. The van der Waals surface area contributed by atoms with Gasteiger partial charge in [-0.2, -0.15) is 0 Å². The Kier molecular flexibility index (Phi) is 33.8. The zero-order valence-electron chi connectivity index (χ0n) is 49.4. The molecule has 4 aliphatic rings. The number of aliphatic hydroxyl groups excluding tert-OH is 10. The van der Waals surface area contributed by atoms with Gasteiger partial charge in [0.05, 0.1) is 45.4 Å². The Labute approximate surface area is 503 Å². The fourth-order valence-electron chi connectivity index (χ4n) is 9.36. The molecule has 0 aromatic rings. The van der Waals surface area contributed by atoms with Crippen LogP contribution in [0, 0.1) is 11.8 Å². The summed E-state index contributed by atoms with van der Waals surface area (Å²) < 4.78 is 44.9. The molecule has 4 fully saturated rings. The molecule has 0 aliphatic carbocycles. The van der Waals surface area contributed by atoms with E-state index in [2.05, 4.69) is 26.6 Å². The molecule has 4 rings (SSSR count). The number of aliphatic hydroxyl groups is 10. The molecule has 0 spiro atoms. The average Bonchev–Trinajstić information content (AvgIpc) is 2.23. The largest absolute Gasteiger partial charge is 0.394 e. The van der Waals surface area contributed by atoms with Gasteiger partial charge in [-0.3, -0.25) is 33.6 Å². The van der Waals surface area contributed by atoms with Crippen LogP contribution in [0.3, 0.4) is 0 Å². The second kappa shape index (κ2) is 39.4. The van der Waals surface area contributed by atoms with Gasteiger partial charge in [0.1, 0.15) is 73.2 Å². The normalized spacial score (nSPS) is 29.1. The standard InChI is InChI=1S/C54H92N6O27/c1-4-21-79-51(29(2)3)80-22-19-57-34(63)12-8-6-10-17-59-50(78)30(25-37(66)56-18-15-40(69)87-60-38(67)13-14-39(60)68)24-36(65)55-16-9-5-7-11-35(64)58-20-23-81-53-48(77)49(86-54-47(76)45(74)42(71)32(27-62)84-54)43(72)33(85-53)28-82-52-46(75)44(73)41(70)31(26-61)83-52/h29-33,41-49,51-54,61-62,70-77H,4-28H2,1-3H3,(H,55,65)(H,56,66)(H,57,63)(H,58,64)(H,59,78)/t30?,31?,32?,33?,41-,42-,43-,44?,45?,46?,47?,48?,49?,51?,52+,53+,54-/m1/s1. The molecule has 33 heteroatoms. The van der Waals surface area contributed by atoms with Gasteiger partial charge in [0.15, 0.2) is 25.2 Å². The minimum absolute atomic E-state index is 0.0373. The first-order chi connectivity index (χ1) is 41.5. The highest BCUT2D eigenvalue weighted by molar-refractivity contribution is 6.01. The van der Waals surface area contributed by atoms with E-state index in [4.69, 9.17) is 42.7 Å². The summed E-state index contributed by atoms with van der Waals surface area (Å²) in [6.45, 7) is 4.50. The van der Waals surface area contributed by atoms with Gasteiger partial charge in [-0.25, -0.2) is 4.79 Å². The summed E-state index contributed by atoms with van der Waals surface area (Å²) in [5, 5.41) is 118. The van der Waals surface area contributed by atoms with E-state index in [9.17, 15) is 89.4 Å². The lowest BCUT2D eigenvalue weighted by molar-refractivity contribution is -0.366. The van der Waals surface area contributed by atoms with Crippen LogP contribution in [0.1, 0.15) is 111 Å². The van der Waals surface area contributed by atoms with Crippen molar-refractivity contribution in [2.24, 2.45) is 11.8 Å². The quantitative estimate of drug-likeness (QED) is 0.0154. The summed E-state index contributed by atoms with van der Waals surface area (Å²) >= 11 is 0. The van der Waals surface area contributed by atoms with Crippen LogP contribution in [0.25, 0.3) is 0 Å². The molecule has 500 valence electrons.